The van der Waals surface area contributed by atoms with E-state index in [2.05, 4.69) is 0 Å². The molecular weight excluding hydrogens is 279 g/mol. The predicted molar refractivity (Wildman–Crippen MR) is 39.9 cm³/mol. The number of phosphoric acid groups is 1. The number of hydrogen-bond acceptors (Lipinski definition) is 1. The zero-order valence-electron chi connectivity index (χ0n) is 2.50. The fourth-order valence-corrected chi connectivity index (χ4v) is 0. The van der Waals surface area contributed by atoms with E-state index in [0.29, 0.717) is 0 Å². The van der Waals surface area contributed by atoms with Crippen molar-refractivity contribution in [2.45, 2.75) is 0 Å². The van der Waals surface area contributed by atoms with Gasteiger partial charge in [0, 0.05) is 17.1 Å². The Hall–Kier alpha value is 4.41. The van der Waals surface area contributed by atoms with E-state index < -0.39 is 7.82 Å². The van der Waals surface area contributed by atoms with E-state index in [0.717, 1.165) is 0 Å². The fourth-order valence-electron chi connectivity index (χ4n) is 0. The van der Waals surface area contributed by atoms with Gasteiger partial charge in [0.25, 0.3) is 0 Å². The van der Waals surface area contributed by atoms with Crippen LogP contribution in [0.15, 0.2) is 0 Å². The van der Waals surface area contributed by atoms with Crippen LogP contribution in [0.25, 0.3) is 0 Å². The Morgan fingerprint density at radius 3 is 0.889 bits per heavy atom. The Kier molecular flexibility index (Phi) is 48.4. The van der Waals surface area contributed by atoms with Crippen LogP contribution in [-0.2, 0) is 21.6 Å². The van der Waals surface area contributed by atoms with Gasteiger partial charge >= 0.3 is 121 Å². The van der Waals surface area contributed by atoms with Crippen molar-refractivity contribution >= 4 is 121 Å². The average Bonchev–Trinajstić information content (AvgIpc) is 0.722. The molecule has 3 N–H and O–H groups in total. The molecule has 0 unspecified atom stereocenters. The Morgan fingerprint density at radius 1 is 0.889 bits per heavy atom. The second-order valence-corrected chi connectivity index (χ2v) is 1.54. The zero-order chi connectivity index (χ0) is 4.50. The van der Waals surface area contributed by atoms with Gasteiger partial charge in [-0.15, -0.1) is 0 Å². The molecule has 0 aromatic rings. The molecule has 0 aliphatic rings. The van der Waals surface area contributed by atoms with Gasteiger partial charge in [-0.3, -0.25) is 0 Å². The van der Waals surface area contributed by atoms with Crippen molar-refractivity contribution in [1.82, 2.24) is 0 Å². The van der Waals surface area contributed by atoms with Crippen molar-refractivity contribution in [3.63, 3.8) is 0 Å². The first kappa shape index (κ1) is 29.2. The zero-order valence-corrected chi connectivity index (χ0v) is 4.33. The summed E-state index contributed by atoms with van der Waals surface area (Å²) < 4.78 is 8.88. The molecule has 0 saturated heterocycles. The summed E-state index contributed by atoms with van der Waals surface area (Å²) in [5, 5.41) is 0. The maximum absolute atomic E-state index is 8.88. The smallest absolute Gasteiger partial charge is 0 e. The monoisotopic (exact) mass is 287 g/mol. The van der Waals surface area contributed by atoms with Crippen LogP contribution in [0.3, 0.4) is 0 Å². The van der Waals surface area contributed by atoms with Crippen molar-refractivity contribution in [3.05, 3.63) is 0 Å². The molecule has 4 nitrogen and oxygen atoms in total. The van der Waals surface area contributed by atoms with Gasteiger partial charge in [-0.1, -0.05) is 0 Å². The van der Waals surface area contributed by atoms with Gasteiger partial charge in [-0.05, 0) is 0 Å². The summed E-state index contributed by atoms with van der Waals surface area (Å²) >= 11 is 0. The van der Waals surface area contributed by atoms with Gasteiger partial charge in [0.15, 0.2) is 0 Å². The van der Waals surface area contributed by atoms with E-state index in [1.54, 1.807) is 0 Å². The van der Waals surface area contributed by atoms with Crippen molar-refractivity contribution < 1.29 is 36.3 Å². The van der Waals surface area contributed by atoms with Crippen LogP contribution in [-0.4, -0.2) is 128 Å². The second kappa shape index (κ2) is 14.9. The molecule has 0 aliphatic heterocycles. The molecule has 0 aromatic heterocycles. The molecule has 0 saturated carbocycles. The summed E-state index contributed by atoms with van der Waals surface area (Å²) in [4.78, 5) is 21.6. The second-order valence-electron chi connectivity index (χ2n) is 0.513. The SMILES string of the molecule is O=P(O)(O)O.[CaH2].[CaH2].[CaH2].[Cu]. The Balaban J connectivity index is -0.0000000133. The van der Waals surface area contributed by atoms with Crippen LogP contribution in [0.2, 0.25) is 0 Å². The topological polar surface area (TPSA) is 77.8 Å². The third-order valence-electron chi connectivity index (χ3n) is 0. The Morgan fingerprint density at radius 2 is 0.889 bits per heavy atom. The summed E-state index contributed by atoms with van der Waals surface area (Å²) in [5.41, 5.74) is 0. The van der Waals surface area contributed by atoms with Gasteiger partial charge in [-0.2, -0.15) is 0 Å². The van der Waals surface area contributed by atoms with Gasteiger partial charge < -0.3 is 14.7 Å². The molecule has 9 heavy (non-hydrogen) atoms. The maximum Gasteiger partial charge on any atom is 0 e. The van der Waals surface area contributed by atoms with Crippen molar-refractivity contribution in [3.8, 4) is 0 Å². The molecule has 0 aliphatic carbocycles. The third kappa shape index (κ3) is 69.2. The fraction of sp³-hybridized carbons (Fsp3) is 0. The van der Waals surface area contributed by atoms with Crippen LogP contribution in [0, 0.1) is 0 Å². The molecular formula is H9Ca3CuO4P. The molecule has 55 valence electrons. The summed E-state index contributed by atoms with van der Waals surface area (Å²) in [6, 6.07) is 0. The molecule has 0 amide bonds. The van der Waals surface area contributed by atoms with E-state index in [1.807, 2.05) is 0 Å². The van der Waals surface area contributed by atoms with Crippen LogP contribution in [0.1, 0.15) is 0 Å². The average molecular weight is 288 g/mol. The number of rotatable bonds is 0. The van der Waals surface area contributed by atoms with Crippen LogP contribution >= 0.6 is 7.82 Å². The van der Waals surface area contributed by atoms with Gasteiger partial charge in [-0.25, -0.2) is 4.57 Å². The maximum atomic E-state index is 8.88. The third-order valence-corrected chi connectivity index (χ3v) is 0. The van der Waals surface area contributed by atoms with Crippen LogP contribution < -0.4 is 0 Å². The first-order valence-corrected chi connectivity index (χ1v) is 2.35. The van der Waals surface area contributed by atoms with Gasteiger partial charge in [0.05, 0.1) is 0 Å². The first-order valence-electron chi connectivity index (χ1n) is 0.783. The standard InChI is InChI=1S/3Ca.Cu.H3O4P.6H/c;;;;1-5(2,3)4;;;;;;/h;;;;(H3,1,2,3,4);;;;;;. The largest absolute Gasteiger partial charge is 0 e. The van der Waals surface area contributed by atoms with E-state index in [4.69, 9.17) is 19.2 Å². The minimum absolute atomic E-state index is 0. The number of hydrogen-bond donors (Lipinski definition) is 3. The Bertz CT molecular complexity index is 61.9. The molecule has 0 atom stereocenters. The Labute approximate surface area is 153 Å². The molecule has 0 heterocycles. The van der Waals surface area contributed by atoms with E-state index in [9.17, 15) is 0 Å². The van der Waals surface area contributed by atoms with E-state index >= 15 is 0 Å². The molecule has 0 aromatic carbocycles. The van der Waals surface area contributed by atoms with E-state index in [-0.39, 0.29) is 130 Å². The minimum atomic E-state index is -4.64. The van der Waals surface area contributed by atoms with E-state index in [1.165, 1.54) is 0 Å². The van der Waals surface area contributed by atoms with Crippen molar-refractivity contribution in [1.29, 1.82) is 0 Å². The van der Waals surface area contributed by atoms with Crippen molar-refractivity contribution in [2.24, 2.45) is 0 Å². The molecule has 0 rings (SSSR count). The van der Waals surface area contributed by atoms with Crippen molar-refractivity contribution in [2.75, 3.05) is 0 Å². The van der Waals surface area contributed by atoms with Gasteiger partial charge in [0.2, 0.25) is 0 Å². The normalized spacial score (nSPS) is 6.56. The minimum Gasteiger partial charge on any atom is 0 e. The summed E-state index contributed by atoms with van der Waals surface area (Å²) in [6.45, 7) is 0. The predicted octanol–water partition coefficient (Wildman–Crippen LogP) is -3.68. The quantitative estimate of drug-likeness (QED) is 0.317. The summed E-state index contributed by atoms with van der Waals surface area (Å²) in [6.07, 6.45) is 0. The van der Waals surface area contributed by atoms with Crippen LogP contribution in [0.4, 0.5) is 0 Å². The van der Waals surface area contributed by atoms with Crippen LogP contribution in [0.5, 0.6) is 0 Å². The molecule has 9 heteroatoms. The summed E-state index contributed by atoms with van der Waals surface area (Å²) in [5.74, 6) is 0. The first-order chi connectivity index (χ1) is 2.00. The van der Waals surface area contributed by atoms with Gasteiger partial charge in [0.1, 0.15) is 0 Å². The molecule has 0 bridgehead atoms. The molecule has 1 radical (unpaired) electrons. The molecule has 0 fully saturated rings. The molecule has 0 spiro atoms. The summed E-state index contributed by atoms with van der Waals surface area (Å²) in [7, 11) is -4.64.